The predicted molar refractivity (Wildman–Crippen MR) is 84.6 cm³/mol. The van der Waals surface area contributed by atoms with Gasteiger partial charge in [-0.05, 0) is 37.6 Å². The zero-order valence-corrected chi connectivity index (χ0v) is 13.5. The molecule has 0 aliphatic heterocycles. The number of hydrogen-bond acceptors (Lipinski definition) is 4. The lowest BCUT2D eigenvalue weighted by atomic mass is 9.96. The average molecular weight is 334 g/mol. The Kier molecular flexibility index (Phi) is 3.99. The third kappa shape index (κ3) is 3.16. The number of carbonyl (C=O) groups excluding carboxylic acids is 1. The van der Waals surface area contributed by atoms with Gasteiger partial charge in [-0.25, -0.2) is 13.1 Å². The first-order valence-corrected chi connectivity index (χ1v) is 8.82. The molecular formula is C16H18N2O4S. The minimum atomic E-state index is -3.68. The lowest BCUT2D eigenvalue weighted by Gasteiger charge is -2.16. The molecule has 1 aromatic carbocycles. The third-order valence-electron chi connectivity index (χ3n) is 4.17. The van der Waals surface area contributed by atoms with Crippen LogP contribution in [0.2, 0.25) is 0 Å². The van der Waals surface area contributed by atoms with Gasteiger partial charge in [-0.2, -0.15) is 0 Å². The SMILES string of the molecule is CNS(=O)(=O)c1ccc(C(=O)NCC2(c3ccccc3)CC2)o1. The Morgan fingerprint density at radius 3 is 2.48 bits per heavy atom. The van der Waals surface area contributed by atoms with Crippen LogP contribution < -0.4 is 10.0 Å². The molecule has 0 saturated heterocycles. The third-order valence-corrected chi connectivity index (χ3v) is 5.45. The molecule has 1 aliphatic rings. The van der Waals surface area contributed by atoms with E-state index < -0.39 is 15.9 Å². The van der Waals surface area contributed by atoms with Crippen LogP contribution in [0.1, 0.15) is 29.0 Å². The van der Waals surface area contributed by atoms with Crippen molar-refractivity contribution in [1.82, 2.24) is 10.0 Å². The van der Waals surface area contributed by atoms with E-state index in [1.54, 1.807) is 0 Å². The molecule has 122 valence electrons. The van der Waals surface area contributed by atoms with Gasteiger partial charge >= 0.3 is 0 Å². The second-order valence-corrected chi connectivity index (χ2v) is 7.47. The van der Waals surface area contributed by atoms with E-state index in [1.165, 1.54) is 24.7 Å². The first kappa shape index (κ1) is 15.8. The maximum atomic E-state index is 12.2. The number of nitrogens with one attached hydrogen (secondary N) is 2. The molecule has 6 nitrogen and oxygen atoms in total. The molecule has 1 aliphatic carbocycles. The van der Waals surface area contributed by atoms with Gasteiger partial charge in [0.1, 0.15) is 0 Å². The minimum Gasteiger partial charge on any atom is -0.438 e. The van der Waals surface area contributed by atoms with Crippen molar-refractivity contribution in [2.24, 2.45) is 0 Å². The van der Waals surface area contributed by atoms with Gasteiger partial charge in [0.2, 0.25) is 5.09 Å². The van der Waals surface area contributed by atoms with Gasteiger partial charge in [-0.1, -0.05) is 30.3 Å². The molecule has 0 atom stereocenters. The molecule has 0 radical (unpaired) electrons. The van der Waals surface area contributed by atoms with Crippen molar-refractivity contribution in [2.75, 3.05) is 13.6 Å². The van der Waals surface area contributed by atoms with Gasteiger partial charge in [0.15, 0.2) is 5.76 Å². The van der Waals surface area contributed by atoms with E-state index in [4.69, 9.17) is 4.42 Å². The highest BCUT2D eigenvalue weighted by Crippen LogP contribution is 2.47. The van der Waals surface area contributed by atoms with Gasteiger partial charge in [0, 0.05) is 12.0 Å². The largest absolute Gasteiger partial charge is 0.438 e. The fourth-order valence-electron chi connectivity index (χ4n) is 2.53. The van der Waals surface area contributed by atoms with E-state index in [2.05, 4.69) is 22.2 Å². The van der Waals surface area contributed by atoms with E-state index >= 15 is 0 Å². The van der Waals surface area contributed by atoms with Crippen LogP contribution in [-0.4, -0.2) is 27.9 Å². The molecule has 1 fully saturated rings. The Morgan fingerprint density at radius 1 is 1.17 bits per heavy atom. The predicted octanol–water partition coefficient (Wildman–Crippen LogP) is 1.65. The molecular weight excluding hydrogens is 316 g/mol. The molecule has 7 heteroatoms. The van der Waals surface area contributed by atoms with Crippen LogP contribution in [0.3, 0.4) is 0 Å². The Morgan fingerprint density at radius 2 is 1.87 bits per heavy atom. The van der Waals surface area contributed by atoms with Gasteiger partial charge in [-0.3, -0.25) is 4.79 Å². The minimum absolute atomic E-state index is 0.0105. The van der Waals surface area contributed by atoms with Gasteiger partial charge < -0.3 is 9.73 Å². The molecule has 0 spiro atoms. The van der Waals surface area contributed by atoms with Crippen molar-refractivity contribution in [3.05, 3.63) is 53.8 Å². The second kappa shape index (κ2) is 5.82. The summed E-state index contributed by atoms with van der Waals surface area (Å²) in [5.74, 6) is -0.424. The van der Waals surface area contributed by atoms with E-state index in [9.17, 15) is 13.2 Å². The smallest absolute Gasteiger partial charge is 0.287 e. The monoisotopic (exact) mass is 334 g/mol. The summed E-state index contributed by atoms with van der Waals surface area (Å²) in [5.41, 5.74) is 1.20. The first-order valence-electron chi connectivity index (χ1n) is 7.34. The summed E-state index contributed by atoms with van der Waals surface area (Å²) in [7, 11) is -2.40. The quantitative estimate of drug-likeness (QED) is 0.841. The van der Waals surface area contributed by atoms with Crippen LogP contribution in [-0.2, 0) is 15.4 Å². The van der Waals surface area contributed by atoms with E-state index in [1.807, 2.05) is 18.2 Å². The number of hydrogen-bond donors (Lipinski definition) is 2. The topological polar surface area (TPSA) is 88.4 Å². The Bertz CT molecular complexity index is 808. The van der Waals surface area contributed by atoms with Crippen molar-refractivity contribution < 1.29 is 17.6 Å². The first-order chi connectivity index (χ1) is 11.0. The summed E-state index contributed by atoms with van der Waals surface area (Å²) >= 11 is 0. The molecule has 1 amide bonds. The molecule has 1 saturated carbocycles. The number of sulfonamides is 1. The standard InChI is InChI=1S/C16H18N2O4S/c1-17-23(20,21)14-8-7-13(22-14)15(19)18-11-16(9-10-16)12-5-3-2-4-6-12/h2-8,17H,9-11H2,1H3,(H,18,19). The molecule has 1 heterocycles. The van der Waals surface area contributed by atoms with Gasteiger partial charge in [0.25, 0.3) is 15.9 Å². The van der Waals surface area contributed by atoms with Crippen molar-refractivity contribution in [3.63, 3.8) is 0 Å². The van der Waals surface area contributed by atoms with Gasteiger partial charge in [0.05, 0.1) is 0 Å². The molecule has 2 N–H and O–H groups in total. The molecule has 1 aromatic heterocycles. The highest BCUT2D eigenvalue weighted by Gasteiger charge is 2.44. The van der Waals surface area contributed by atoms with Crippen LogP contribution in [0.5, 0.6) is 0 Å². The highest BCUT2D eigenvalue weighted by molar-refractivity contribution is 7.89. The molecule has 3 rings (SSSR count). The second-order valence-electron chi connectivity index (χ2n) is 5.66. The van der Waals surface area contributed by atoms with Crippen molar-refractivity contribution in [3.8, 4) is 0 Å². The summed E-state index contributed by atoms with van der Waals surface area (Å²) in [6.45, 7) is 0.505. The normalized spacial score (nSPS) is 16.0. The maximum Gasteiger partial charge on any atom is 0.287 e. The van der Waals surface area contributed by atoms with Crippen LogP contribution >= 0.6 is 0 Å². The zero-order valence-electron chi connectivity index (χ0n) is 12.7. The highest BCUT2D eigenvalue weighted by atomic mass is 32.2. The van der Waals surface area contributed by atoms with Crippen molar-refractivity contribution in [1.29, 1.82) is 0 Å². The van der Waals surface area contributed by atoms with Crippen LogP contribution in [0, 0.1) is 0 Å². The Labute approximate surface area is 134 Å². The zero-order chi connectivity index (χ0) is 16.5. The number of rotatable bonds is 6. The van der Waals surface area contributed by atoms with E-state index in [0.29, 0.717) is 6.54 Å². The van der Waals surface area contributed by atoms with Crippen molar-refractivity contribution >= 4 is 15.9 Å². The number of carbonyl (C=O) groups is 1. The number of furan rings is 1. The summed E-state index contributed by atoms with van der Waals surface area (Å²) < 4.78 is 30.5. The van der Waals surface area contributed by atoms with Crippen LogP contribution in [0.25, 0.3) is 0 Å². The lowest BCUT2D eigenvalue weighted by Crippen LogP contribution is -2.32. The van der Waals surface area contributed by atoms with E-state index in [-0.39, 0.29) is 16.3 Å². The number of benzene rings is 1. The van der Waals surface area contributed by atoms with Gasteiger partial charge in [-0.15, -0.1) is 0 Å². The van der Waals surface area contributed by atoms with Crippen molar-refractivity contribution in [2.45, 2.75) is 23.3 Å². The maximum absolute atomic E-state index is 12.2. The van der Waals surface area contributed by atoms with E-state index in [0.717, 1.165) is 12.8 Å². The molecule has 23 heavy (non-hydrogen) atoms. The van der Waals surface area contributed by atoms with Crippen LogP contribution in [0.15, 0.2) is 52.0 Å². The number of amides is 1. The summed E-state index contributed by atoms with van der Waals surface area (Å²) in [4.78, 5) is 12.2. The molecule has 0 bridgehead atoms. The summed E-state index contributed by atoms with van der Waals surface area (Å²) in [6.07, 6.45) is 2.05. The fraction of sp³-hybridized carbons (Fsp3) is 0.312. The Hall–Kier alpha value is -2.12. The molecule has 0 unspecified atom stereocenters. The summed E-state index contributed by atoms with van der Waals surface area (Å²) in [5, 5.41) is 2.57. The van der Waals surface area contributed by atoms with Crippen LogP contribution in [0.4, 0.5) is 0 Å². The fourth-order valence-corrected chi connectivity index (χ4v) is 3.18. The molecule has 2 aromatic rings. The summed E-state index contributed by atoms with van der Waals surface area (Å²) in [6, 6.07) is 12.7. The lowest BCUT2D eigenvalue weighted by molar-refractivity contribution is 0.0916. The average Bonchev–Trinajstić information content (AvgIpc) is 3.19. The Balaban J connectivity index is 1.67.